The zero-order valence-corrected chi connectivity index (χ0v) is 11.3. The van der Waals surface area contributed by atoms with Gasteiger partial charge in [-0.05, 0) is 20.8 Å². The third kappa shape index (κ3) is 4.76. The molecule has 13 heavy (non-hydrogen) atoms. The maximum absolute atomic E-state index is 5.53. The lowest BCUT2D eigenvalue weighted by molar-refractivity contribution is -0.377. The molecule has 0 aromatic rings. The van der Waals surface area contributed by atoms with Crippen LogP contribution in [0.5, 0.6) is 0 Å². The molecule has 0 saturated heterocycles. The van der Waals surface area contributed by atoms with Gasteiger partial charge in [0, 0.05) is 36.5 Å². The van der Waals surface area contributed by atoms with E-state index < -0.39 is 5.97 Å². The molecule has 0 aliphatic rings. The molecule has 0 spiro atoms. The second kappa shape index (κ2) is 7.50. The van der Waals surface area contributed by atoms with Crippen molar-refractivity contribution in [3.63, 3.8) is 0 Å². The molecule has 0 amide bonds. The summed E-state index contributed by atoms with van der Waals surface area (Å²) in [7, 11) is 1.15. The maximum atomic E-state index is 5.53. The van der Waals surface area contributed by atoms with Crippen LogP contribution in [-0.4, -0.2) is 36.0 Å². The molecule has 0 radical (unpaired) electrons. The van der Waals surface area contributed by atoms with Crippen molar-refractivity contribution >= 4 is 10.2 Å². The summed E-state index contributed by atoms with van der Waals surface area (Å²) < 4.78 is 16.6. The van der Waals surface area contributed by atoms with Gasteiger partial charge in [0.05, 0.1) is 0 Å². The normalized spacial score (nSPS) is 12.2. The van der Waals surface area contributed by atoms with Gasteiger partial charge in [-0.15, -0.1) is 0 Å². The molecular weight excluding hydrogens is 184 g/mol. The zero-order chi connectivity index (χ0) is 10.2. The summed E-state index contributed by atoms with van der Waals surface area (Å²) in [6.07, 6.45) is 0.842. The quantitative estimate of drug-likeness (QED) is 0.437. The minimum absolute atomic E-state index is 0.627. The predicted octanol–water partition coefficient (Wildman–Crippen LogP) is 0.923. The summed E-state index contributed by atoms with van der Waals surface area (Å²) in [6.45, 7) is 7.75. The van der Waals surface area contributed by atoms with Crippen LogP contribution in [0, 0.1) is 0 Å². The first-order chi connectivity index (χ1) is 6.24. The zero-order valence-electron chi connectivity index (χ0n) is 9.26. The first kappa shape index (κ1) is 13.1. The first-order valence-corrected chi connectivity index (χ1v) is 6.57. The smallest absolute Gasteiger partial charge is 0.282 e. The molecule has 0 aliphatic heterocycles. The summed E-state index contributed by atoms with van der Waals surface area (Å²) in [5, 5.41) is 0. The Morgan fingerprint density at radius 3 is 1.54 bits per heavy atom. The Labute approximate surface area is 84.2 Å². The third-order valence-electron chi connectivity index (χ3n) is 1.65. The summed E-state index contributed by atoms with van der Waals surface area (Å²) >= 11 is 0. The predicted molar refractivity (Wildman–Crippen MR) is 57.0 cm³/mol. The number of hydrogen-bond donors (Lipinski definition) is 0. The first-order valence-electron chi connectivity index (χ1n) is 5.16. The molecule has 0 aliphatic carbocycles. The molecule has 3 nitrogen and oxygen atoms in total. The van der Waals surface area contributed by atoms with Crippen molar-refractivity contribution in [3.05, 3.63) is 0 Å². The van der Waals surface area contributed by atoms with E-state index in [9.17, 15) is 0 Å². The van der Waals surface area contributed by atoms with Crippen LogP contribution < -0.4 is 0 Å². The van der Waals surface area contributed by atoms with Gasteiger partial charge in [0.25, 0.3) is 5.97 Å². The fraction of sp³-hybridized carbons (Fsp3) is 1.00. The van der Waals surface area contributed by atoms with E-state index in [-0.39, 0.29) is 0 Å². The van der Waals surface area contributed by atoms with Gasteiger partial charge in [-0.3, -0.25) is 0 Å². The lowest BCUT2D eigenvalue weighted by Crippen LogP contribution is -2.39. The summed E-state index contributed by atoms with van der Waals surface area (Å²) in [6, 6.07) is 1.12. The Kier molecular flexibility index (Phi) is 7.55. The topological polar surface area (TPSA) is 27.7 Å². The van der Waals surface area contributed by atoms with E-state index >= 15 is 0 Å². The highest BCUT2D eigenvalue weighted by atomic mass is 28.1. The van der Waals surface area contributed by atoms with E-state index in [1.165, 1.54) is 0 Å². The molecule has 0 aromatic heterocycles. The standard InChI is InChI=1S/C9H22O3Si/c1-4-10-9(7-8-13,11-5-2)12-6-3/h4-8H2,1-3,13H3. The van der Waals surface area contributed by atoms with Crippen LogP contribution in [-0.2, 0) is 14.2 Å². The monoisotopic (exact) mass is 206 g/mol. The van der Waals surface area contributed by atoms with E-state index in [0.717, 1.165) is 22.7 Å². The lowest BCUT2D eigenvalue weighted by atomic mass is 10.4. The summed E-state index contributed by atoms with van der Waals surface area (Å²) in [4.78, 5) is 0. The minimum atomic E-state index is -0.764. The van der Waals surface area contributed by atoms with Crippen molar-refractivity contribution in [2.75, 3.05) is 19.8 Å². The van der Waals surface area contributed by atoms with E-state index in [0.29, 0.717) is 19.8 Å². The number of hydrogen-bond acceptors (Lipinski definition) is 3. The summed E-state index contributed by atoms with van der Waals surface area (Å²) in [5.41, 5.74) is 0. The Morgan fingerprint density at radius 2 is 1.31 bits per heavy atom. The Hall–Kier alpha value is 0.0969. The summed E-state index contributed by atoms with van der Waals surface area (Å²) in [5.74, 6) is -0.764. The van der Waals surface area contributed by atoms with Crippen molar-refractivity contribution in [1.29, 1.82) is 0 Å². The van der Waals surface area contributed by atoms with E-state index in [4.69, 9.17) is 14.2 Å². The minimum Gasteiger partial charge on any atom is -0.328 e. The van der Waals surface area contributed by atoms with E-state index in [1.54, 1.807) is 0 Å². The molecular formula is C9H22O3Si. The van der Waals surface area contributed by atoms with Crippen molar-refractivity contribution in [2.24, 2.45) is 0 Å². The van der Waals surface area contributed by atoms with Gasteiger partial charge in [-0.2, -0.15) is 0 Å². The van der Waals surface area contributed by atoms with Crippen molar-refractivity contribution in [1.82, 2.24) is 0 Å². The Bertz CT molecular complexity index is 89.9. The Morgan fingerprint density at radius 1 is 0.923 bits per heavy atom. The van der Waals surface area contributed by atoms with Crippen molar-refractivity contribution in [3.8, 4) is 0 Å². The van der Waals surface area contributed by atoms with Crippen LogP contribution in [0.15, 0.2) is 0 Å². The highest BCUT2D eigenvalue weighted by molar-refractivity contribution is 6.08. The van der Waals surface area contributed by atoms with E-state index in [1.807, 2.05) is 20.8 Å². The largest absolute Gasteiger partial charge is 0.328 e. The molecule has 0 heterocycles. The van der Waals surface area contributed by atoms with Gasteiger partial charge in [-0.1, -0.05) is 6.04 Å². The molecule has 0 fully saturated rings. The van der Waals surface area contributed by atoms with Crippen LogP contribution in [0.3, 0.4) is 0 Å². The van der Waals surface area contributed by atoms with Gasteiger partial charge in [-0.25, -0.2) is 0 Å². The molecule has 80 valence electrons. The lowest BCUT2D eigenvalue weighted by Gasteiger charge is -2.31. The molecule has 0 aromatic carbocycles. The fourth-order valence-electron chi connectivity index (χ4n) is 1.31. The highest BCUT2D eigenvalue weighted by Crippen LogP contribution is 2.21. The SMILES string of the molecule is CCOC(CC[SiH3])(OCC)OCC. The van der Waals surface area contributed by atoms with Crippen molar-refractivity contribution in [2.45, 2.75) is 39.2 Å². The highest BCUT2D eigenvalue weighted by Gasteiger charge is 2.30. The third-order valence-corrected chi connectivity index (χ3v) is 2.15. The van der Waals surface area contributed by atoms with Crippen molar-refractivity contribution < 1.29 is 14.2 Å². The number of ether oxygens (including phenoxy) is 3. The molecule has 0 rings (SSSR count). The second-order valence-corrected chi connectivity index (χ2v) is 3.73. The van der Waals surface area contributed by atoms with Gasteiger partial charge in [0.1, 0.15) is 0 Å². The number of rotatable bonds is 8. The molecule has 0 bridgehead atoms. The fourth-order valence-corrected chi connectivity index (χ4v) is 1.92. The van der Waals surface area contributed by atoms with Crippen LogP contribution in [0.1, 0.15) is 27.2 Å². The molecule has 0 unspecified atom stereocenters. The van der Waals surface area contributed by atoms with Crippen LogP contribution in [0.2, 0.25) is 6.04 Å². The second-order valence-electron chi connectivity index (χ2n) is 2.73. The average Bonchev–Trinajstić information content (AvgIpc) is 2.06. The van der Waals surface area contributed by atoms with Crippen LogP contribution in [0.4, 0.5) is 0 Å². The average molecular weight is 206 g/mol. The molecule has 0 saturated carbocycles. The van der Waals surface area contributed by atoms with Gasteiger partial charge >= 0.3 is 0 Å². The Balaban J connectivity index is 4.19. The van der Waals surface area contributed by atoms with Gasteiger partial charge < -0.3 is 14.2 Å². The molecule has 0 atom stereocenters. The van der Waals surface area contributed by atoms with E-state index in [2.05, 4.69) is 0 Å². The molecule has 4 heteroatoms. The maximum Gasteiger partial charge on any atom is 0.282 e. The van der Waals surface area contributed by atoms with Gasteiger partial charge in [0.15, 0.2) is 0 Å². The molecule has 0 N–H and O–H groups in total. The van der Waals surface area contributed by atoms with Crippen LogP contribution >= 0.6 is 0 Å². The van der Waals surface area contributed by atoms with Gasteiger partial charge in [0.2, 0.25) is 0 Å². The van der Waals surface area contributed by atoms with Crippen LogP contribution in [0.25, 0.3) is 0 Å².